The molecule has 6 nitrogen and oxygen atoms in total. The molecule has 6 heteroatoms. The van der Waals surface area contributed by atoms with Gasteiger partial charge in [0.25, 0.3) is 5.91 Å². The number of nitrogens with zero attached hydrogens (tertiary/aromatic N) is 4. The number of likely N-dealkylation sites (tertiary alicyclic amines) is 1. The third kappa shape index (κ3) is 5.22. The average Bonchev–Trinajstić information content (AvgIpc) is 2.98. The summed E-state index contributed by atoms with van der Waals surface area (Å²) in [5.74, 6) is 0.328. The predicted molar refractivity (Wildman–Crippen MR) is 108 cm³/mol. The first kappa shape index (κ1) is 19.7. The summed E-state index contributed by atoms with van der Waals surface area (Å²) in [7, 11) is 3.98. The van der Waals surface area contributed by atoms with Crippen LogP contribution in [0.2, 0.25) is 0 Å². The van der Waals surface area contributed by atoms with Crippen LogP contribution in [0, 0.1) is 0 Å². The maximum atomic E-state index is 12.7. The van der Waals surface area contributed by atoms with Crippen molar-refractivity contribution in [1.82, 2.24) is 14.7 Å². The van der Waals surface area contributed by atoms with E-state index >= 15 is 0 Å². The van der Waals surface area contributed by atoms with E-state index in [-0.39, 0.29) is 11.8 Å². The molecule has 0 N–H and O–H groups in total. The van der Waals surface area contributed by atoms with Gasteiger partial charge >= 0.3 is 0 Å². The molecule has 1 aromatic rings. The molecule has 0 aliphatic carbocycles. The van der Waals surface area contributed by atoms with Crippen LogP contribution in [0.1, 0.15) is 36.0 Å². The smallest absolute Gasteiger partial charge is 0.253 e. The molecule has 2 aliphatic rings. The lowest BCUT2D eigenvalue weighted by molar-refractivity contribution is -0.132. The largest absolute Gasteiger partial charge is 0.378 e. The highest BCUT2D eigenvalue weighted by Gasteiger charge is 2.25. The van der Waals surface area contributed by atoms with E-state index in [1.165, 1.54) is 12.8 Å². The first-order valence-electron chi connectivity index (χ1n) is 10.1. The monoisotopic (exact) mass is 372 g/mol. The quantitative estimate of drug-likeness (QED) is 0.810. The minimum Gasteiger partial charge on any atom is -0.378 e. The van der Waals surface area contributed by atoms with Crippen LogP contribution in [0.25, 0.3) is 0 Å². The molecular weight excluding hydrogens is 340 g/mol. The first-order valence-corrected chi connectivity index (χ1v) is 10.1. The van der Waals surface area contributed by atoms with Crippen LogP contribution in [-0.4, -0.2) is 86.4 Å². The molecule has 3 rings (SSSR count). The third-order valence-electron chi connectivity index (χ3n) is 5.61. The van der Waals surface area contributed by atoms with Gasteiger partial charge in [-0.15, -0.1) is 0 Å². The maximum Gasteiger partial charge on any atom is 0.253 e. The molecule has 2 aliphatic heterocycles. The lowest BCUT2D eigenvalue weighted by atomic mass is 10.1. The normalized spacial score (nSPS) is 18.9. The molecular formula is C21H32N4O2. The van der Waals surface area contributed by atoms with Gasteiger partial charge in [0.15, 0.2) is 0 Å². The van der Waals surface area contributed by atoms with Gasteiger partial charge in [-0.1, -0.05) is 12.8 Å². The Bertz CT molecular complexity index is 628. The summed E-state index contributed by atoms with van der Waals surface area (Å²) >= 11 is 0. The van der Waals surface area contributed by atoms with Gasteiger partial charge in [-0.3, -0.25) is 14.5 Å². The minimum atomic E-state index is 0.0822. The fourth-order valence-electron chi connectivity index (χ4n) is 3.81. The highest BCUT2D eigenvalue weighted by Crippen LogP contribution is 2.15. The van der Waals surface area contributed by atoms with Gasteiger partial charge in [-0.2, -0.15) is 0 Å². The number of benzene rings is 1. The number of carbonyl (C=O) groups is 2. The SMILES string of the molecule is CN(C)c1ccc(C(=O)N2CCN(CC(=O)N3CCCCCC3)CC2)cc1. The van der Waals surface area contributed by atoms with Crippen molar-refractivity contribution < 1.29 is 9.59 Å². The zero-order valence-corrected chi connectivity index (χ0v) is 16.7. The van der Waals surface area contributed by atoms with E-state index in [0.717, 1.165) is 50.3 Å². The van der Waals surface area contributed by atoms with Crippen molar-refractivity contribution in [2.75, 3.05) is 64.8 Å². The van der Waals surface area contributed by atoms with E-state index in [4.69, 9.17) is 0 Å². The number of hydrogen-bond acceptors (Lipinski definition) is 4. The second kappa shape index (κ2) is 9.22. The molecule has 148 valence electrons. The molecule has 2 heterocycles. The Kier molecular flexibility index (Phi) is 6.72. The molecule has 0 saturated carbocycles. The maximum absolute atomic E-state index is 12.7. The predicted octanol–water partition coefficient (Wildman–Crippen LogP) is 1.91. The van der Waals surface area contributed by atoms with Gasteiger partial charge in [-0.25, -0.2) is 0 Å². The van der Waals surface area contributed by atoms with Gasteiger partial charge in [0.05, 0.1) is 6.54 Å². The highest BCUT2D eigenvalue weighted by molar-refractivity contribution is 5.94. The molecule has 2 amide bonds. The van der Waals surface area contributed by atoms with Gasteiger partial charge in [-0.05, 0) is 37.1 Å². The van der Waals surface area contributed by atoms with Crippen LogP contribution in [0.5, 0.6) is 0 Å². The Morgan fingerprint density at radius 3 is 1.96 bits per heavy atom. The van der Waals surface area contributed by atoms with Crippen LogP contribution < -0.4 is 4.90 Å². The Labute approximate surface area is 162 Å². The number of hydrogen-bond donors (Lipinski definition) is 0. The van der Waals surface area contributed by atoms with Gasteiger partial charge in [0.1, 0.15) is 0 Å². The van der Waals surface area contributed by atoms with Gasteiger partial charge in [0, 0.05) is 64.6 Å². The lowest BCUT2D eigenvalue weighted by Gasteiger charge is -2.35. The Morgan fingerprint density at radius 2 is 1.41 bits per heavy atom. The van der Waals surface area contributed by atoms with Crippen LogP contribution >= 0.6 is 0 Å². The van der Waals surface area contributed by atoms with Gasteiger partial charge in [0.2, 0.25) is 5.91 Å². The number of rotatable bonds is 4. The standard InChI is InChI=1S/C21H32N4O2/c1-22(2)19-9-7-18(8-10-19)21(27)25-15-13-23(14-16-25)17-20(26)24-11-5-3-4-6-12-24/h7-10H,3-6,11-17H2,1-2H3. The summed E-state index contributed by atoms with van der Waals surface area (Å²) in [6, 6.07) is 7.74. The average molecular weight is 373 g/mol. The molecule has 2 saturated heterocycles. The van der Waals surface area contributed by atoms with E-state index in [9.17, 15) is 9.59 Å². The van der Waals surface area contributed by atoms with Crippen LogP contribution in [0.15, 0.2) is 24.3 Å². The zero-order chi connectivity index (χ0) is 19.2. The second-order valence-electron chi connectivity index (χ2n) is 7.80. The molecule has 27 heavy (non-hydrogen) atoms. The molecule has 0 atom stereocenters. The Morgan fingerprint density at radius 1 is 0.815 bits per heavy atom. The Balaban J connectivity index is 1.47. The van der Waals surface area contributed by atoms with Crippen molar-refractivity contribution in [1.29, 1.82) is 0 Å². The second-order valence-corrected chi connectivity index (χ2v) is 7.80. The van der Waals surface area contributed by atoms with Crippen LogP contribution in [0.4, 0.5) is 5.69 Å². The van der Waals surface area contributed by atoms with Crippen molar-refractivity contribution in [3.05, 3.63) is 29.8 Å². The van der Waals surface area contributed by atoms with Gasteiger partial charge < -0.3 is 14.7 Å². The third-order valence-corrected chi connectivity index (χ3v) is 5.61. The van der Waals surface area contributed by atoms with Crippen molar-refractivity contribution in [2.45, 2.75) is 25.7 Å². The molecule has 0 spiro atoms. The molecule has 0 bridgehead atoms. The van der Waals surface area contributed by atoms with Crippen LogP contribution in [0.3, 0.4) is 0 Å². The van der Waals surface area contributed by atoms with E-state index < -0.39 is 0 Å². The Hall–Kier alpha value is -2.08. The first-order chi connectivity index (χ1) is 13.0. The topological polar surface area (TPSA) is 47.1 Å². The number of piperazine rings is 1. The number of amides is 2. The summed E-state index contributed by atoms with van der Waals surface area (Å²) in [6.45, 7) is 5.19. The molecule has 0 radical (unpaired) electrons. The summed E-state index contributed by atoms with van der Waals surface area (Å²) in [4.78, 5) is 33.4. The fraction of sp³-hybridized carbons (Fsp3) is 0.619. The highest BCUT2D eigenvalue weighted by atomic mass is 16.2. The van der Waals surface area contributed by atoms with E-state index in [2.05, 4.69) is 4.90 Å². The molecule has 0 unspecified atom stereocenters. The summed E-state index contributed by atoms with van der Waals surface area (Å²) in [5, 5.41) is 0. The zero-order valence-electron chi connectivity index (χ0n) is 16.7. The van der Waals surface area contributed by atoms with Crippen molar-refractivity contribution in [3.8, 4) is 0 Å². The van der Waals surface area contributed by atoms with Crippen molar-refractivity contribution in [3.63, 3.8) is 0 Å². The summed E-state index contributed by atoms with van der Waals surface area (Å²) < 4.78 is 0. The van der Waals surface area contributed by atoms with E-state index in [1.807, 2.05) is 53.1 Å². The minimum absolute atomic E-state index is 0.0822. The number of carbonyl (C=O) groups excluding carboxylic acids is 2. The molecule has 0 aromatic heterocycles. The summed E-state index contributed by atoms with van der Waals surface area (Å²) in [5.41, 5.74) is 1.82. The number of anilines is 1. The van der Waals surface area contributed by atoms with Crippen molar-refractivity contribution in [2.24, 2.45) is 0 Å². The lowest BCUT2D eigenvalue weighted by Crippen LogP contribution is -2.51. The van der Waals surface area contributed by atoms with E-state index in [0.29, 0.717) is 19.6 Å². The summed E-state index contributed by atoms with van der Waals surface area (Å²) in [6.07, 6.45) is 4.72. The molecule has 2 fully saturated rings. The van der Waals surface area contributed by atoms with Crippen LogP contribution in [-0.2, 0) is 4.79 Å². The molecule has 1 aromatic carbocycles. The van der Waals surface area contributed by atoms with E-state index in [1.54, 1.807) is 0 Å². The fourth-order valence-corrected chi connectivity index (χ4v) is 3.81. The van der Waals surface area contributed by atoms with Crippen molar-refractivity contribution >= 4 is 17.5 Å².